The first-order chi connectivity index (χ1) is 10.6. The van der Waals surface area contributed by atoms with Crippen molar-refractivity contribution < 1.29 is 4.79 Å². The van der Waals surface area contributed by atoms with Gasteiger partial charge < -0.3 is 5.32 Å². The van der Waals surface area contributed by atoms with E-state index in [9.17, 15) is 4.79 Å². The molecule has 0 aliphatic heterocycles. The van der Waals surface area contributed by atoms with Crippen LogP contribution < -0.4 is 5.32 Å². The molecule has 0 aromatic heterocycles. The maximum atomic E-state index is 12.8. The van der Waals surface area contributed by atoms with Crippen molar-refractivity contribution in [3.05, 3.63) is 71.3 Å². The SMILES string of the molecule is CC(C)(C(=O)NC1CCCc2ccccc21)c1ccccc1. The summed E-state index contributed by atoms with van der Waals surface area (Å²) >= 11 is 0. The van der Waals surface area contributed by atoms with E-state index in [1.165, 1.54) is 11.1 Å². The summed E-state index contributed by atoms with van der Waals surface area (Å²) in [5.41, 5.74) is 3.19. The Morgan fingerprint density at radius 2 is 1.73 bits per heavy atom. The van der Waals surface area contributed by atoms with Crippen molar-refractivity contribution >= 4 is 5.91 Å². The number of aryl methyl sites for hydroxylation is 1. The standard InChI is InChI=1S/C20H23NO/c1-20(2,16-11-4-3-5-12-16)19(22)21-18-14-8-10-15-9-6-7-13-17(15)18/h3-7,9,11-13,18H,8,10,14H2,1-2H3,(H,21,22). The van der Waals surface area contributed by atoms with Gasteiger partial charge in [0.15, 0.2) is 0 Å². The number of hydrogen-bond donors (Lipinski definition) is 1. The van der Waals surface area contributed by atoms with Gasteiger partial charge in [-0.25, -0.2) is 0 Å². The molecule has 2 aromatic rings. The Kier molecular flexibility index (Phi) is 4.02. The molecule has 3 rings (SSSR count). The number of amides is 1. The highest BCUT2D eigenvalue weighted by atomic mass is 16.2. The van der Waals surface area contributed by atoms with Crippen molar-refractivity contribution in [3.8, 4) is 0 Å². The minimum absolute atomic E-state index is 0.0976. The molecule has 1 atom stereocenters. The smallest absolute Gasteiger partial charge is 0.230 e. The zero-order valence-corrected chi connectivity index (χ0v) is 13.3. The highest BCUT2D eigenvalue weighted by Gasteiger charge is 2.32. The molecule has 1 unspecified atom stereocenters. The van der Waals surface area contributed by atoms with Crippen molar-refractivity contribution in [2.75, 3.05) is 0 Å². The molecule has 2 nitrogen and oxygen atoms in total. The lowest BCUT2D eigenvalue weighted by Gasteiger charge is -2.31. The molecule has 0 saturated carbocycles. The molecule has 0 radical (unpaired) electrons. The van der Waals surface area contributed by atoms with Crippen LogP contribution in [0.3, 0.4) is 0 Å². The van der Waals surface area contributed by atoms with Crippen molar-refractivity contribution in [2.24, 2.45) is 0 Å². The van der Waals surface area contributed by atoms with Gasteiger partial charge in [0.05, 0.1) is 11.5 Å². The van der Waals surface area contributed by atoms with Crippen LogP contribution in [0.1, 0.15) is 49.4 Å². The van der Waals surface area contributed by atoms with E-state index in [1.807, 2.05) is 44.2 Å². The second-order valence-corrected chi connectivity index (χ2v) is 6.61. The van der Waals surface area contributed by atoms with Crippen LogP contribution in [0.25, 0.3) is 0 Å². The second kappa shape index (κ2) is 5.96. The molecule has 22 heavy (non-hydrogen) atoms. The summed E-state index contributed by atoms with van der Waals surface area (Å²) in [7, 11) is 0. The summed E-state index contributed by atoms with van der Waals surface area (Å²) in [5.74, 6) is 0.0976. The van der Waals surface area contributed by atoms with E-state index in [1.54, 1.807) is 0 Å². The maximum absolute atomic E-state index is 12.8. The quantitative estimate of drug-likeness (QED) is 0.904. The predicted molar refractivity (Wildman–Crippen MR) is 89.7 cm³/mol. The third-order valence-electron chi connectivity index (χ3n) is 4.74. The average molecular weight is 293 g/mol. The highest BCUT2D eigenvalue weighted by molar-refractivity contribution is 5.87. The number of nitrogens with one attached hydrogen (secondary N) is 1. The van der Waals surface area contributed by atoms with Gasteiger partial charge in [-0.1, -0.05) is 54.6 Å². The molecule has 1 amide bonds. The molecule has 1 aliphatic carbocycles. The molecule has 0 heterocycles. The third kappa shape index (κ3) is 2.78. The van der Waals surface area contributed by atoms with Gasteiger partial charge in [0, 0.05) is 0 Å². The number of carbonyl (C=O) groups excluding carboxylic acids is 1. The molecule has 0 spiro atoms. The van der Waals surface area contributed by atoms with E-state index in [4.69, 9.17) is 0 Å². The van der Waals surface area contributed by atoms with Gasteiger partial charge in [0.2, 0.25) is 5.91 Å². The van der Waals surface area contributed by atoms with E-state index >= 15 is 0 Å². The van der Waals surface area contributed by atoms with Crippen LogP contribution in [0.15, 0.2) is 54.6 Å². The monoisotopic (exact) mass is 293 g/mol. The molecular weight excluding hydrogens is 270 g/mol. The Balaban J connectivity index is 1.81. The van der Waals surface area contributed by atoms with Crippen LogP contribution in [-0.4, -0.2) is 5.91 Å². The first-order valence-corrected chi connectivity index (χ1v) is 8.03. The fourth-order valence-electron chi connectivity index (χ4n) is 3.23. The van der Waals surface area contributed by atoms with E-state index in [2.05, 4.69) is 29.6 Å². The Labute approximate surface area is 132 Å². The average Bonchev–Trinajstić information content (AvgIpc) is 2.56. The summed E-state index contributed by atoms with van der Waals surface area (Å²) < 4.78 is 0. The lowest BCUT2D eigenvalue weighted by atomic mass is 9.82. The molecule has 2 heteroatoms. The summed E-state index contributed by atoms with van der Waals surface area (Å²) in [6.45, 7) is 3.98. The van der Waals surface area contributed by atoms with E-state index in [0.29, 0.717) is 0 Å². The Hall–Kier alpha value is -2.09. The molecule has 1 N–H and O–H groups in total. The second-order valence-electron chi connectivity index (χ2n) is 6.61. The Bertz CT molecular complexity index is 660. The summed E-state index contributed by atoms with van der Waals surface area (Å²) in [6, 6.07) is 18.6. The van der Waals surface area contributed by atoms with Gasteiger partial charge >= 0.3 is 0 Å². The molecule has 0 saturated heterocycles. The Morgan fingerprint density at radius 3 is 2.50 bits per heavy atom. The van der Waals surface area contributed by atoms with Crippen molar-refractivity contribution in [2.45, 2.75) is 44.6 Å². The van der Waals surface area contributed by atoms with Crippen molar-refractivity contribution in [1.82, 2.24) is 5.32 Å². The minimum Gasteiger partial charge on any atom is -0.349 e. The fraction of sp³-hybridized carbons (Fsp3) is 0.350. The number of fused-ring (bicyclic) bond motifs is 1. The highest BCUT2D eigenvalue weighted by Crippen LogP contribution is 2.31. The number of carbonyl (C=O) groups is 1. The lowest BCUT2D eigenvalue weighted by molar-refractivity contribution is -0.126. The third-order valence-corrected chi connectivity index (χ3v) is 4.74. The molecule has 114 valence electrons. The van der Waals surface area contributed by atoms with Gasteiger partial charge in [-0.15, -0.1) is 0 Å². The lowest BCUT2D eigenvalue weighted by Crippen LogP contribution is -2.42. The van der Waals surface area contributed by atoms with Crippen LogP contribution in [0.2, 0.25) is 0 Å². The van der Waals surface area contributed by atoms with Crippen LogP contribution >= 0.6 is 0 Å². The summed E-state index contributed by atoms with van der Waals surface area (Å²) in [6.07, 6.45) is 3.27. The zero-order chi connectivity index (χ0) is 15.6. The first kappa shape index (κ1) is 14.8. The van der Waals surface area contributed by atoms with Crippen LogP contribution in [0.5, 0.6) is 0 Å². The van der Waals surface area contributed by atoms with Crippen LogP contribution in [0.4, 0.5) is 0 Å². The first-order valence-electron chi connectivity index (χ1n) is 8.03. The normalized spacial score (nSPS) is 17.6. The zero-order valence-electron chi connectivity index (χ0n) is 13.3. The van der Waals surface area contributed by atoms with E-state index < -0.39 is 5.41 Å². The largest absolute Gasteiger partial charge is 0.349 e. The number of hydrogen-bond acceptors (Lipinski definition) is 1. The molecule has 1 aliphatic rings. The van der Waals surface area contributed by atoms with Crippen LogP contribution in [-0.2, 0) is 16.6 Å². The summed E-state index contributed by atoms with van der Waals surface area (Å²) in [5, 5.41) is 3.27. The van der Waals surface area contributed by atoms with Gasteiger partial charge in [-0.05, 0) is 49.8 Å². The van der Waals surface area contributed by atoms with E-state index in [-0.39, 0.29) is 11.9 Å². The topological polar surface area (TPSA) is 29.1 Å². The summed E-state index contributed by atoms with van der Waals surface area (Å²) in [4.78, 5) is 12.8. The van der Waals surface area contributed by atoms with Gasteiger partial charge in [-0.3, -0.25) is 4.79 Å². The Morgan fingerprint density at radius 1 is 1.05 bits per heavy atom. The predicted octanol–water partition coefficient (Wildman–Crippen LogP) is 4.16. The number of benzene rings is 2. The van der Waals surface area contributed by atoms with Crippen LogP contribution in [0, 0.1) is 0 Å². The molecule has 0 bridgehead atoms. The van der Waals surface area contributed by atoms with Gasteiger partial charge in [-0.2, -0.15) is 0 Å². The van der Waals surface area contributed by atoms with E-state index in [0.717, 1.165) is 24.8 Å². The molecular formula is C20H23NO. The van der Waals surface area contributed by atoms with Crippen molar-refractivity contribution in [1.29, 1.82) is 0 Å². The fourth-order valence-corrected chi connectivity index (χ4v) is 3.23. The van der Waals surface area contributed by atoms with Gasteiger partial charge in [0.25, 0.3) is 0 Å². The molecule has 2 aromatic carbocycles. The maximum Gasteiger partial charge on any atom is 0.230 e. The molecule has 0 fully saturated rings. The van der Waals surface area contributed by atoms with Gasteiger partial charge in [0.1, 0.15) is 0 Å². The minimum atomic E-state index is -0.520. The number of rotatable bonds is 3. The van der Waals surface area contributed by atoms with Crippen molar-refractivity contribution in [3.63, 3.8) is 0 Å².